The topological polar surface area (TPSA) is 87.7 Å². The fourth-order valence-corrected chi connectivity index (χ4v) is 4.30. The molecule has 0 spiro atoms. The summed E-state index contributed by atoms with van der Waals surface area (Å²) < 4.78 is 5.32. The maximum absolute atomic E-state index is 13.9. The summed E-state index contributed by atoms with van der Waals surface area (Å²) in [4.78, 5) is 41.5. The molecule has 0 aliphatic carbocycles. The van der Waals surface area contributed by atoms with Crippen LogP contribution < -0.4 is 10.6 Å². The molecule has 3 amide bonds. The summed E-state index contributed by atoms with van der Waals surface area (Å²) in [6.45, 7) is 14.6. The van der Waals surface area contributed by atoms with E-state index in [0.717, 1.165) is 16.7 Å². The van der Waals surface area contributed by atoms with Crippen molar-refractivity contribution in [3.05, 3.63) is 76.3 Å². The number of nitrogens with one attached hydrogen (secondary N) is 2. The van der Waals surface area contributed by atoms with E-state index in [0.29, 0.717) is 16.3 Å². The lowest BCUT2D eigenvalue weighted by Gasteiger charge is -2.34. The van der Waals surface area contributed by atoms with Crippen LogP contribution in [0.15, 0.2) is 49.1 Å². The molecule has 200 valence electrons. The van der Waals surface area contributed by atoms with Crippen molar-refractivity contribution in [1.82, 2.24) is 10.2 Å². The molecule has 0 radical (unpaired) electrons. The molecule has 37 heavy (non-hydrogen) atoms. The van der Waals surface area contributed by atoms with E-state index in [9.17, 15) is 14.4 Å². The molecule has 0 heterocycles. The van der Waals surface area contributed by atoms with E-state index in [1.54, 1.807) is 32.9 Å². The van der Waals surface area contributed by atoms with Crippen molar-refractivity contribution in [2.75, 3.05) is 17.6 Å². The second-order valence-electron chi connectivity index (χ2n) is 9.84. The maximum atomic E-state index is 13.9. The number of nitrogens with zero attached hydrogens (tertiary/aromatic N) is 1. The standard InChI is InChI=1S/C28H36ClN3O4S/c1-8-14-32(26(34)22(16-37)30-27(35)36-28(5,6)7)24(20-15-17(2)12-13-18(20)3)25(33)31-23-19(4)10-9-11-21(23)29/h8-13,15,22,24,37H,1,14,16H2,2-7H3,(H,30,35)(H,31,33). The van der Waals surface area contributed by atoms with Crippen molar-refractivity contribution in [2.24, 2.45) is 0 Å². The molecule has 0 aromatic heterocycles. The third-order valence-corrected chi connectivity index (χ3v) is 6.22. The minimum atomic E-state index is -1.04. The van der Waals surface area contributed by atoms with Crippen LogP contribution in [-0.4, -0.2) is 46.7 Å². The summed E-state index contributed by atoms with van der Waals surface area (Å²) >= 11 is 10.7. The highest BCUT2D eigenvalue weighted by Gasteiger charge is 2.36. The van der Waals surface area contributed by atoms with E-state index in [-0.39, 0.29) is 12.3 Å². The minimum Gasteiger partial charge on any atom is -0.444 e. The van der Waals surface area contributed by atoms with Crippen LogP contribution in [0, 0.1) is 20.8 Å². The van der Waals surface area contributed by atoms with Crippen LogP contribution in [0.5, 0.6) is 0 Å². The van der Waals surface area contributed by atoms with Crippen LogP contribution in [0.2, 0.25) is 5.02 Å². The Morgan fingerprint density at radius 3 is 2.38 bits per heavy atom. The Kier molecular flexibility index (Phi) is 10.6. The molecular weight excluding hydrogens is 510 g/mol. The van der Waals surface area contributed by atoms with E-state index in [2.05, 4.69) is 29.8 Å². The number of para-hydroxylation sites is 1. The number of halogens is 1. The number of carbonyl (C=O) groups is 3. The molecule has 2 aromatic rings. The zero-order valence-corrected chi connectivity index (χ0v) is 23.9. The molecule has 2 unspecified atom stereocenters. The van der Waals surface area contributed by atoms with Gasteiger partial charge in [0.05, 0.1) is 10.7 Å². The molecule has 0 saturated heterocycles. The number of rotatable bonds is 9. The molecule has 2 aromatic carbocycles. The van der Waals surface area contributed by atoms with E-state index in [1.807, 2.05) is 45.0 Å². The van der Waals surface area contributed by atoms with Gasteiger partial charge in [-0.05, 0) is 64.3 Å². The van der Waals surface area contributed by atoms with Crippen molar-refractivity contribution >= 4 is 47.8 Å². The lowest BCUT2D eigenvalue weighted by Crippen LogP contribution is -2.53. The third kappa shape index (κ3) is 8.27. The number of benzene rings is 2. The minimum absolute atomic E-state index is 0.00349. The predicted molar refractivity (Wildman–Crippen MR) is 152 cm³/mol. The van der Waals surface area contributed by atoms with Gasteiger partial charge in [-0.25, -0.2) is 4.79 Å². The number of aryl methyl sites for hydroxylation is 3. The lowest BCUT2D eigenvalue weighted by molar-refractivity contribution is -0.139. The molecule has 0 fully saturated rings. The van der Waals surface area contributed by atoms with Gasteiger partial charge in [0.25, 0.3) is 5.91 Å². The number of amides is 3. The number of anilines is 1. The van der Waals surface area contributed by atoms with E-state index in [4.69, 9.17) is 16.3 Å². The van der Waals surface area contributed by atoms with Gasteiger partial charge in [-0.2, -0.15) is 12.6 Å². The highest BCUT2D eigenvalue weighted by Crippen LogP contribution is 2.31. The third-order valence-electron chi connectivity index (χ3n) is 5.54. The molecular formula is C28H36ClN3O4S. The molecule has 2 rings (SSSR count). The van der Waals surface area contributed by atoms with E-state index in [1.165, 1.54) is 11.0 Å². The summed E-state index contributed by atoms with van der Waals surface area (Å²) in [5.74, 6) is -0.954. The average Bonchev–Trinajstić information content (AvgIpc) is 2.80. The first-order chi connectivity index (χ1) is 17.3. The highest BCUT2D eigenvalue weighted by molar-refractivity contribution is 7.80. The van der Waals surface area contributed by atoms with Crippen molar-refractivity contribution in [3.63, 3.8) is 0 Å². The Bertz CT molecular complexity index is 1140. The van der Waals surface area contributed by atoms with Gasteiger partial charge < -0.3 is 20.3 Å². The zero-order valence-electron chi connectivity index (χ0n) is 22.2. The first kappa shape index (κ1) is 30.3. The first-order valence-electron chi connectivity index (χ1n) is 11.9. The van der Waals surface area contributed by atoms with Crippen molar-refractivity contribution < 1.29 is 19.1 Å². The largest absolute Gasteiger partial charge is 0.444 e. The summed E-state index contributed by atoms with van der Waals surface area (Å²) in [6, 6.07) is 8.95. The second kappa shape index (κ2) is 13.0. The molecule has 0 aliphatic heterocycles. The van der Waals surface area contributed by atoms with E-state index < -0.39 is 35.6 Å². The predicted octanol–water partition coefficient (Wildman–Crippen LogP) is 5.78. The van der Waals surface area contributed by atoms with Gasteiger partial charge >= 0.3 is 6.09 Å². The maximum Gasteiger partial charge on any atom is 0.408 e. The highest BCUT2D eigenvalue weighted by atomic mass is 35.5. The van der Waals surface area contributed by atoms with Gasteiger partial charge in [-0.15, -0.1) is 6.58 Å². The van der Waals surface area contributed by atoms with Crippen LogP contribution in [0.4, 0.5) is 10.5 Å². The Hall–Kier alpha value is -2.97. The lowest BCUT2D eigenvalue weighted by atomic mass is 9.96. The average molecular weight is 546 g/mol. The van der Waals surface area contributed by atoms with Gasteiger partial charge in [0.2, 0.25) is 5.91 Å². The van der Waals surface area contributed by atoms with Crippen LogP contribution in [0.1, 0.15) is 49.1 Å². The number of carbonyl (C=O) groups excluding carboxylic acids is 3. The quantitative estimate of drug-likeness (QED) is 0.275. The van der Waals surface area contributed by atoms with Gasteiger partial charge in [-0.3, -0.25) is 9.59 Å². The number of hydrogen-bond donors (Lipinski definition) is 3. The van der Waals surface area contributed by atoms with Crippen molar-refractivity contribution in [3.8, 4) is 0 Å². The Morgan fingerprint density at radius 1 is 1.14 bits per heavy atom. The number of alkyl carbamates (subject to hydrolysis) is 1. The Labute approximate surface area is 230 Å². The monoisotopic (exact) mass is 545 g/mol. The van der Waals surface area contributed by atoms with Gasteiger partial charge in [0, 0.05) is 12.3 Å². The summed E-state index contributed by atoms with van der Waals surface area (Å²) in [7, 11) is 0. The molecule has 0 saturated carbocycles. The fraction of sp³-hybridized carbons (Fsp3) is 0.393. The molecule has 7 nitrogen and oxygen atoms in total. The molecule has 2 N–H and O–H groups in total. The number of ether oxygens (including phenoxy) is 1. The number of thiol groups is 1. The molecule has 2 atom stereocenters. The van der Waals surface area contributed by atoms with Crippen LogP contribution in [-0.2, 0) is 14.3 Å². The summed E-state index contributed by atoms with van der Waals surface area (Å²) in [5, 5.41) is 5.89. The Balaban J connectivity index is 2.55. The van der Waals surface area contributed by atoms with Gasteiger partial charge in [0.1, 0.15) is 17.7 Å². The first-order valence-corrected chi connectivity index (χ1v) is 12.9. The van der Waals surface area contributed by atoms with Crippen LogP contribution in [0.3, 0.4) is 0 Å². The fourth-order valence-electron chi connectivity index (χ4n) is 3.78. The zero-order chi connectivity index (χ0) is 27.9. The SMILES string of the molecule is C=CCN(C(=O)C(CS)NC(=O)OC(C)(C)C)C(C(=O)Nc1c(C)cccc1Cl)c1cc(C)ccc1C. The second-order valence-corrected chi connectivity index (χ2v) is 10.6. The molecule has 0 bridgehead atoms. The smallest absolute Gasteiger partial charge is 0.408 e. The van der Waals surface area contributed by atoms with Crippen molar-refractivity contribution in [2.45, 2.75) is 59.2 Å². The van der Waals surface area contributed by atoms with Crippen LogP contribution in [0.25, 0.3) is 0 Å². The van der Waals surface area contributed by atoms with Gasteiger partial charge in [0.15, 0.2) is 0 Å². The molecule has 9 heteroatoms. The number of hydrogen-bond acceptors (Lipinski definition) is 5. The van der Waals surface area contributed by atoms with Crippen LogP contribution >= 0.6 is 24.2 Å². The van der Waals surface area contributed by atoms with Gasteiger partial charge in [-0.1, -0.05) is 53.6 Å². The van der Waals surface area contributed by atoms with E-state index >= 15 is 0 Å². The summed E-state index contributed by atoms with van der Waals surface area (Å²) in [6.07, 6.45) is 0.783. The summed E-state index contributed by atoms with van der Waals surface area (Å²) in [5.41, 5.74) is 2.90. The van der Waals surface area contributed by atoms with Crippen molar-refractivity contribution in [1.29, 1.82) is 0 Å². The Morgan fingerprint density at radius 2 is 1.81 bits per heavy atom. The molecule has 0 aliphatic rings. The normalized spacial score (nSPS) is 12.8.